The van der Waals surface area contributed by atoms with E-state index in [1.807, 2.05) is 0 Å². The molecule has 2 bridgehead atoms. The summed E-state index contributed by atoms with van der Waals surface area (Å²) in [5.74, 6) is 2.22. The average molecular weight is 434 g/mol. The Bertz CT molecular complexity index is 818. The summed E-state index contributed by atoms with van der Waals surface area (Å²) in [7, 11) is 0. The van der Waals surface area contributed by atoms with Gasteiger partial charge in [0.1, 0.15) is 0 Å². The van der Waals surface area contributed by atoms with Crippen molar-refractivity contribution in [3.8, 4) is 0 Å². The number of ketones is 1. The molecule has 174 valence electrons. The highest BCUT2D eigenvalue weighted by atomic mass is 16.1. The number of unbranched alkanes of at least 4 members (excludes halogenated alkanes) is 4. The molecule has 4 rings (SSSR count). The molecule has 2 aliphatic rings. The van der Waals surface area contributed by atoms with Gasteiger partial charge in [0.25, 0.3) is 6.85 Å². The van der Waals surface area contributed by atoms with Crippen LogP contribution < -0.4 is 0 Å². The van der Waals surface area contributed by atoms with Crippen LogP contribution in [-0.4, -0.2) is 22.1 Å². The zero-order valence-corrected chi connectivity index (χ0v) is 20.5. The monoisotopic (exact) mass is 434 g/mol. The molecule has 32 heavy (non-hydrogen) atoms. The largest absolute Gasteiger partial charge is 0.386 e. The van der Waals surface area contributed by atoms with Gasteiger partial charge in [-0.15, -0.1) is 0 Å². The molecular formula is C28H43BN2O. The van der Waals surface area contributed by atoms with E-state index in [0.29, 0.717) is 25.0 Å². The van der Waals surface area contributed by atoms with Gasteiger partial charge < -0.3 is 9.46 Å². The van der Waals surface area contributed by atoms with Crippen LogP contribution in [0, 0.1) is 0 Å². The van der Waals surface area contributed by atoms with Gasteiger partial charge in [-0.2, -0.15) is 0 Å². The number of carbonyl (C=O) groups excluding carboxylic acids is 1. The Morgan fingerprint density at radius 3 is 2.31 bits per heavy atom. The topological polar surface area (TPSA) is 37.8 Å². The fraction of sp³-hybridized carbons (Fsp3) is 0.679. The van der Waals surface area contributed by atoms with Gasteiger partial charge in [-0.05, 0) is 48.7 Å². The Morgan fingerprint density at radius 2 is 1.69 bits per heavy atom. The molecule has 4 heteroatoms. The lowest BCUT2D eigenvalue weighted by Crippen LogP contribution is -2.43. The van der Waals surface area contributed by atoms with Crippen LogP contribution in [0.25, 0.3) is 0 Å². The fourth-order valence-corrected chi connectivity index (χ4v) is 6.66. The summed E-state index contributed by atoms with van der Waals surface area (Å²) >= 11 is 0. The van der Waals surface area contributed by atoms with Crippen LogP contribution in [0.1, 0.15) is 132 Å². The van der Waals surface area contributed by atoms with E-state index in [4.69, 9.17) is 0 Å². The SMILES string of the molecule is CCCCCC(=O)c1ccc(C(CCCCC)c2ccc[nH]2)n1B1C2CCCC1CCC2. The molecule has 0 spiro atoms. The summed E-state index contributed by atoms with van der Waals surface area (Å²) in [4.78, 5) is 17.0. The Balaban J connectivity index is 1.73. The first-order valence-corrected chi connectivity index (χ1v) is 13.6. The highest BCUT2D eigenvalue weighted by molar-refractivity contribution is 6.61. The van der Waals surface area contributed by atoms with Crippen LogP contribution in [0.4, 0.5) is 0 Å². The Morgan fingerprint density at radius 1 is 1.00 bits per heavy atom. The molecule has 1 unspecified atom stereocenters. The lowest BCUT2D eigenvalue weighted by molar-refractivity contribution is 0.0973. The molecule has 0 radical (unpaired) electrons. The zero-order chi connectivity index (χ0) is 22.3. The number of nitrogens with zero attached hydrogens (tertiary/aromatic N) is 1. The van der Waals surface area contributed by atoms with Crippen molar-refractivity contribution in [2.24, 2.45) is 0 Å². The number of fused-ring (bicyclic) bond motifs is 2. The molecule has 4 heterocycles. The quantitative estimate of drug-likeness (QED) is 0.204. The van der Waals surface area contributed by atoms with Gasteiger partial charge in [0.15, 0.2) is 5.78 Å². The molecule has 0 amide bonds. The van der Waals surface area contributed by atoms with Gasteiger partial charge in [0.05, 0.1) is 5.69 Å². The van der Waals surface area contributed by atoms with Crippen molar-refractivity contribution in [2.75, 3.05) is 0 Å². The van der Waals surface area contributed by atoms with Crippen LogP contribution in [-0.2, 0) is 0 Å². The number of aromatic amines is 1. The maximum atomic E-state index is 13.5. The van der Waals surface area contributed by atoms with Crippen LogP contribution in [0.2, 0.25) is 11.6 Å². The molecule has 1 atom stereocenters. The minimum absolute atomic E-state index is 0.358. The van der Waals surface area contributed by atoms with Crippen molar-refractivity contribution in [3.05, 3.63) is 47.5 Å². The minimum Gasteiger partial charge on any atom is -0.386 e. The smallest absolute Gasteiger partial charge is 0.266 e. The molecule has 1 N–H and O–H groups in total. The van der Waals surface area contributed by atoms with Crippen molar-refractivity contribution in [1.82, 2.24) is 9.46 Å². The molecule has 2 saturated heterocycles. The highest BCUT2D eigenvalue weighted by Gasteiger charge is 2.43. The molecule has 0 aliphatic carbocycles. The van der Waals surface area contributed by atoms with Gasteiger partial charge >= 0.3 is 0 Å². The number of rotatable bonds is 12. The Hall–Kier alpha value is -1.71. The van der Waals surface area contributed by atoms with Crippen LogP contribution in [0.3, 0.4) is 0 Å². The summed E-state index contributed by atoms with van der Waals surface area (Å²) in [6.07, 6.45) is 19.1. The number of Topliss-reactive ketones (excluding diaryl/α,β-unsaturated/α-hetero) is 1. The molecule has 2 aromatic heterocycles. The molecule has 0 saturated carbocycles. The minimum atomic E-state index is 0.358. The van der Waals surface area contributed by atoms with Crippen molar-refractivity contribution in [1.29, 1.82) is 0 Å². The van der Waals surface area contributed by atoms with E-state index in [1.165, 1.54) is 75.6 Å². The zero-order valence-electron chi connectivity index (χ0n) is 20.5. The maximum absolute atomic E-state index is 13.5. The first kappa shape index (κ1) is 23.5. The first-order valence-electron chi connectivity index (χ1n) is 13.6. The van der Waals surface area contributed by atoms with Crippen molar-refractivity contribution in [2.45, 2.75) is 121 Å². The molecule has 3 nitrogen and oxygen atoms in total. The predicted octanol–water partition coefficient (Wildman–Crippen LogP) is 8.24. The summed E-state index contributed by atoms with van der Waals surface area (Å²) in [6, 6.07) is 8.87. The van der Waals surface area contributed by atoms with Gasteiger partial charge in [-0.25, -0.2) is 0 Å². The highest BCUT2D eigenvalue weighted by Crippen LogP contribution is 2.48. The molecule has 2 aliphatic heterocycles. The third-order valence-corrected chi connectivity index (χ3v) is 8.26. The van der Waals surface area contributed by atoms with Crippen LogP contribution in [0.15, 0.2) is 30.5 Å². The summed E-state index contributed by atoms with van der Waals surface area (Å²) in [6.45, 7) is 5.02. The predicted molar refractivity (Wildman–Crippen MR) is 136 cm³/mol. The van der Waals surface area contributed by atoms with Crippen molar-refractivity contribution in [3.63, 3.8) is 0 Å². The Kier molecular flexibility index (Phi) is 8.38. The Labute approximate surface area is 195 Å². The third kappa shape index (κ3) is 5.10. The van der Waals surface area contributed by atoms with Gasteiger partial charge in [-0.1, -0.05) is 84.5 Å². The van der Waals surface area contributed by atoms with Gasteiger partial charge in [-0.3, -0.25) is 4.79 Å². The second kappa shape index (κ2) is 11.4. The number of aromatic nitrogens is 2. The molecule has 2 aromatic rings. The molecular weight excluding hydrogens is 391 g/mol. The van der Waals surface area contributed by atoms with E-state index in [2.05, 4.69) is 53.8 Å². The number of nitrogens with one attached hydrogen (secondary N) is 1. The number of carbonyl (C=O) groups is 1. The summed E-state index contributed by atoms with van der Waals surface area (Å²) in [5.41, 5.74) is 3.71. The number of H-pyrrole nitrogens is 1. The van der Waals surface area contributed by atoms with E-state index in [-0.39, 0.29) is 0 Å². The normalized spacial score (nSPS) is 21.6. The van der Waals surface area contributed by atoms with E-state index >= 15 is 0 Å². The second-order valence-corrected chi connectivity index (χ2v) is 10.4. The number of hydrogen-bond acceptors (Lipinski definition) is 1. The van der Waals surface area contributed by atoms with E-state index in [9.17, 15) is 4.79 Å². The van der Waals surface area contributed by atoms with Crippen LogP contribution >= 0.6 is 0 Å². The third-order valence-electron chi connectivity index (χ3n) is 8.26. The van der Waals surface area contributed by atoms with Crippen molar-refractivity contribution >= 4 is 12.6 Å². The lowest BCUT2D eigenvalue weighted by atomic mass is 9.34. The van der Waals surface area contributed by atoms with Crippen molar-refractivity contribution < 1.29 is 4.79 Å². The fourth-order valence-electron chi connectivity index (χ4n) is 6.66. The van der Waals surface area contributed by atoms with Crippen LogP contribution in [0.5, 0.6) is 0 Å². The maximum Gasteiger partial charge on any atom is 0.266 e. The lowest BCUT2D eigenvalue weighted by Gasteiger charge is -2.42. The van der Waals surface area contributed by atoms with E-state index in [0.717, 1.165) is 36.6 Å². The summed E-state index contributed by atoms with van der Waals surface area (Å²) in [5, 5.41) is 0. The standard InChI is InChI=1S/C28H43BN2O/c1-3-5-7-16-24(25-17-11-21-30-25)26-19-20-27(28(32)18-8-6-4-2)31(26)29-22-12-9-13-23(29)15-10-14-22/h11,17,19-24,30H,3-10,12-16,18H2,1-2H3. The average Bonchev–Trinajstić information content (AvgIpc) is 3.47. The summed E-state index contributed by atoms with van der Waals surface area (Å²) < 4.78 is 2.60. The van der Waals surface area contributed by atoms with Gasteiger partial charge in [0, 0.05) is 29.9 Å². The second-order valence-electron chi connectivity index (χ2n) is 10.4. The van der Waals surface area contributed by atoms with E-state index < -0.39 is 0 Å². The number of hydrogen-bond donors (Lipinski definition) is 1. The molecule has 0 aromatic carbocycles. The molecule has 2 fully saturated rings. The van der Waals surface area contributed by atoms with E-state index in [1.54, 1.807) is 0 Å². The van der Waals surface area contributed by atoms with Gasteiger partial charge in [0.2, 0.25) is 0 Å². The first-order chi connectivity index (χ1) is 15.7.